The Kier molecular flexibility index (Phi) is 9.54. The molecule has 0 bridgehead atoms. The molecule has 1 rings (SSSR count). The van der Waals surface area contributed by atoms with Crippen molar-refractivity contribution in [2.45, 2.75) is 80.1 Å². The molecule has 1 aromatic rings. The van der Waals surface area contributed by atoms with Crippen molar-refractivity contribution >= 4 is 11.6 Å². The van der Waals surface area contributed by atoms with Crippen molar-refractivity contribution in [3.8, 4) is 5.88 Å². The summed E-state index contributed by atoms with van der Waals surface area (Å²) in [6.45, 7) is 12.9. The summed E-state index contributed by atoms with van der Waals surface area (Å²) in [5, 5.41) is 3.26. The van der Waals surface area contributed by atoms with Gasteiger partial charge in [-0.3, -0.25) is 4.79 Å². The Morgan fingerprint density at radius 3 is 2.56 bits per heavy atom. The highest BCUT2D eigenvalue weighted by molar-refractivity contribution is 5.91. The van der Waals surface area contributed by atoms with Gasteiger partial charge in [0.05, 0.1) is 7.11 Å². The van der Waals surface area contributed by atoms with Crippen molar-refractivity contribution < 1.29 is 9.53 Å². The molecular weight excluding hydrogens is 336 g/mol. The van der Waals surface area contributed by atoms with Crippen molar-refractivity contribution in [1.29, 1.82) is 0 Å². The van der Waals surface area contributed by atoms with Crippen molar-refractivity contribution in [2.75, 3.05) is 7.11 Å². The largest absolute Gasteiger partial charge is 0.481 e. The summed E-state index contributed by atoms with van der Waals surface area (Å²) in [4.78, 5) is 17.5. The second-order valence-electron chi connectivity index (χ2n) is 7.91. The maximum Gasteiger partial charge on any atom is 0.230 e. The number of amides is 1. The van der Waals surface area contributed by atoms with Crippen LogP contribution in [0, 0.1) is 11.3 Å². The Bertz CT molecular complexity index is 639. The molecular formula is C23H38N2O2. The van der Waals surface area contributed by atoms with E-state index in [1.165, 1.54) is 0 Å². The first-order valence-electron chi connectivity index (χ1n) is 10.3. The van der Waals surface area contributed by atoms with Gasteiger partial charge in [-0.2, -0.15) is 0 Å². The van der Waals surface area contributed by atoms with E-state index in [-0.39, 0.29) is 11.3 Å². The van der Waals surface area contributed by atoms with E-state index >= 15 is 0 Å². The lowest BCUT2D eigenvalue weighted by Crippen LogP contribution is -2.38. The van der Waals surface area contributed by atoms with Gasteiger partial charge in [0, 0.05) is 28.9 Å². The molecule has 0 radical (unpaired) electrons. The Hall–Kier alpha value is -1.84. The summed E-state index contributed by atoms with van der Waals surface area (Å²) in [7, 11) is 1.61. The van der Waals surface area contributed by atoms with Crippen molar-refractivity contribution in [1.82, 2.24) is 10.3 Å². The molecule has 0 saturated heterocycles. The monoisotopic (exact) mass is 374 g/mol. The number of aromatic nitrogens is 1. The Balaban J connectivity index is 3.12. The van der Waals surface area contributed by atoms with Crippen LogP contribution in [0.5, 0.6) is 5.88 Å². The predicted octanol–water partition coefficient (Wildman–Crippen LogP) is 5.98. The standard InChI is InChI=1S/C23H38N2O2/c1-8-13-23(6,14-11-17(4)9-2)22(26)25-21(18(5)10-3)19-12-15-24-20(16-19)27-7/h12,15-17H,8-11,13-14H2,1-7H3,(H,25,26)/b21-18+. The highest BCUT2D eigenvalue weighted by Gasteiger charge is 2.33. The molecule has 4 nitrogen and oxygen atoms in total. The highest BCUT2D eigenvalue weighted by Crippen LogP contribution is 2.33. The molecule has 1 N–H and O–H groups in total. The summed E-state index contributed by atoms with van der Waals surface area (Å²) >= 11 is 0. The number of ether oxygens (including phenoxy) is 1. The summed E-state index contributed by atoms with van der Waals surface area (Å²) in [6, 6.07) is 3.80. The van der Waals surface area contributed by atoms with Crippen LogP contribution in [0.2, 0.25) is 0 Å². The fourth-order valence-corrected chi connectivity index (χ4v) is 3.22. The molecule has 0 aliphatic carbocycles. The van der Waals surface area contributed by atoms with Crippen LogP contribution in [-0.2, 0) is 4.79 Å². The van der Waals surface area contributed by atoms with Crippen LogP contribution < -0.4 is 10.1 Å². The SMILES string of the molecule is CCCC(C)(CCC(C)CC)C(=O)N/C(=C(\C)CC)c1ccnc(OC)c1. The Morgan fingerprint density at radius 1 is 1.30 bits per heavy atom. The van der Waals surface area contributed by atoms with Gasteiger partial charge in [0.25, 0.3) is 0 Å². The zero-order valence-corrected chi connectivity index (χ0v) is 18.3. The third kappa shape index (κ3) is 6.67. The van der Waals surface area contributed by atoms with Gasteiger partial charge < -0.3 is 10.1 Å². The number of carbonyl (C=O) groups is 1. The average molecular weight is 375 g/mol. The lowest BCUT2D eigenvalue weighted by Gasteiger charge is -2.30. The molecule has 1 heterocycles. The quantitative estimate of drug-likeness (QED) is 0.518. The number of hydrogen-bond donors (Lipinski definition) is 1. The first-order valence-corrected chi connectivity index (χ1v) is 10.3. The molecule has 1 aromatic heterocycles. The fourth-order valence-electron chi connectivity index (χ4n) is 3.22. The van der Waals surface area contributed by atoms with E-state index in [2.05, 4.69) is 51.8 Å². The minimum atomic E-state index is -0.353. The van der Waals surface area contributed by atoms with Crippen molar-refractivity contribution in [3.63, 3.8) is 0 Å². The summed E-state index contributed by atoms with van der Waals surface area (Å²) in [5.74, 6) is 1.31. The van der Waals surface area contributed by atoms with Crippen LogP contribution in [0.4, 0.5) is 0 Å². The Morgan fingerprint density at radius 2 is 2.00 bits per heavy atom. The lowest BCUT2D eigenvalue weighted by atomic mass is 9.78. The number of rotatable bonds is 11. The molecule has 152 valence electrons. The van der Waals surface area contributed by atoms with Crippen molar-refractivity contribution in [3.05, 3.63) is 29.5 Å². The third-order valence-electron chi connectivity index (χ3n) is 5.66. The lowest BCUT2D eigenvalue weighted by molar-refractivity contribution is -0.129. The van der Waals surface area contributed by atoms with Crippen LogP contribution in [-0.4, -0.2) is 18.0 Å². The molecule has 0 aliphatic rings. The van der Waals surface area contributed by atoms with Crippen LogP contribution in [0.15, 0.2) is 23.9 Å². The molecule has 0 spiro atoms. The van der Waals surface area contributed by atoms with Gasteiger partial charge >= 0.3 is 0 Å². The molecule has 4 heteroatoms. The van der Waals surface area contributed by atoms with E-state index in [4.69, 9.17) is 4.74 Å². The van der Waals surface area contributed by atoms with Gasteiger partial charge in [-0.25, -0.2) is 4.98 Å². The summed E-state index contributed by atoms with van der Waals surface area (Å²) in [6.07, 6.45) is 7.64. The molecule has 0 fully saturated rings. The van der Waals surface area contributed by atoms with Gasteiger partial charge in [0.1, 0.15) is 0 Å². The molecule has 0 saturated carbocycles. The van der Waals surface area contributed by atoms with Gasteiger partial charge in [-0.1, -0.05) is 47.5 Å². The molecule has 0 aliphatic heterocycles. The second-order valence-corrected chi connectivity index (χ2v) is 7.91. The van der Waals surface area contributed by atoms with Gasteiger partial charge in [0.2, 0.25) is 11.8 Å². The Labute approximate surface area is 165 Å². The minimum absolute atomic E-state index is 0.117. The maximum atomic E-state index is 13.3. The number of methoxy groups -OCH3 is 1. The van der Waals surface area contributed by atoms with Crippen LogP contribution in [0.3, 0.4) is 0 Å². The number of allylic oxidation sites excluding steroid dienone is 1. The van der Waals surface area contributed by atoms with E-state index in [9.17, 15) is 4.79 Å². The summed E-state index contributed by atoms with van der Waals surface area (Å²) in [5.41, 5.74) is 2.62. The number of carbonyl (C=O) groups excluding carboxylic acids is 1. The number of nitrogens with zero attached hydrogens (tertiary/aromatic N) is 1. The topological polar surface area (TPSA) is 51.2 Å². The van der Waals surface area contributed by atoms with E-state index in [0.29, 0.717) is 11.8 Å². The van der Waals surface area contributed by atoms with Gasteiger partial charge in [0.15, 0.2) is 0 Å². The first-order chi connectivity index (χ1) is 12.8. The third-order valence-corrected chi connectivity index (χ3v) is 5.66. The zero-order chi connectivity index (χ0) is 20.4. The van der Waals surface area contributed by atoms with E-state index in [1.807, 2.05) is 12.1 Å². The normalized spacial score (nSPS) is 15.5. The number of pyridine rings is 1. The average Bonchev–Trinajstić information content (AvgIpc) is 2.69. The van der Waals surface area contributed by atoms with Crippen LogP contribution in [0.25, 0.3) is 5.70 Å². The smallest absolute Gasteiger partial charge is 0.230 e. The highest BCUT2D eigenvalue weighted by atomic mass is 16.5. The van der Waals surface area contributed by atoms with Crippen molar-refractivity contribution in [2.24, 2.45) is 11.3 Å². The second kappa shape index (κ2) is 11.1. The maximum absolute atomic E-state index is 13.3. The molecule has 27 heavy (non-hydrogen) atoms. The predicted molar refractivity (Wildman–Crippen MR) is 114 cm³/mol. The van der Waals surface area contributed by atoms with E-state index in [0.717, 1.165) is 55.4 Å². The van der Waals surface area contributed by atoms with Gasteiger partial charge in [-0.15, -0.1) is 0 Å². The van der Waals surface area contributed by atoms with Gasteiger partial charge in [-0.05, 0) is 50.2 Å². The molecule has 2 unspecified atom stereocenters. The van der Waals surface area contributed by atoms with Crippen LogP contribution in [0.1, 0.15) is 85.6 Å². The molecule has 2 atom stereocenters. The number of hydrogen-bond acceptors (Lipinski definition) is 3. The summed E-state index contributed by atoms with van der Waals surface area (Å²) < 4.78 is 5.26. The van der Waals surface area contributed by atoms with E-state index < -0.39 is 0 Å². The number of nitrogens with one attached hydrogen (secondary N) is 1. The fraction of sp³-hybridized carbons (Fsp3) is 0.652. The van der Waals surface area contributed by atoms with E-state index in [1.54, 1.807) is 13.3 Å². The molecule has 1 amide bonds. The first kappa shape index (κ1) is 23.2. The van der Waals surface area contributed by atoms with Crippen LogP contribution >= 0.6 is 0 Å². The molecule has 0 aromatic carbocycles. The zero-order valence-electron chi connectivity index (χ0n) is 18.3. The minimum Gasteiger partial charge on any atom is -0.481 e.